The maximum absolute atomic E-state index is 10.6. The molecule has 0 radical (unpaired) electrons. The number of rotatable bonds is 4. The van der Waals surface area contributed by atoms with Gasteiger partial charge in [-0.3, -0.25) is 4.98 Å². The van der Waals surface area contributed by atoms with E-state index >= 15 is 0 Å². The van der Waals surface area contributed by atoms with Crippen LogP contribution in [0.1, 0.15) is 16.1 Å². The van der Waals surface area contributed by atoms with Crippen LogP contribution in [-0.4, -0.2) is 26.0 Å². The highest BCUT2D eigenvalue weighted by atomic mass is 16.4. The fourth-order valence-corrected chi connectivity index (χ4v) is 1.22. The molecule has 0 atom stereocenters. The van der Waals surface area contributed by atoms with Crippen LogP contribution in [0.2, 0.25) is 0 Å². The van der Waals surface area contributed by atoms with Gasteiger partial charge >= 0.3 is 5.97 Å². The SMILES string of the molecule is O=C(O)c1cnc(NCc2ccncc2)cn1. The number of carbonyl (C=O) groups is 1. The summed E-state index contributed by atoms with van der Waals surface area (Å²) in [4.78, 5) is 22.2. The average Bonchev–Trinajstić information content (AvgIpc) is 2.38. The zero-order chi connectivity index (χ0) is 12.1. The lowest BCUT2D eigenvalue weighted by molar-refractivity contribution is 0.0690. The summed E-state index contributed by atoms with van der Waals surface area (Å²) < 4.78 is 0. The summed E-state index contributed by atoms with van der Waals surface area (Å²) in [7, 11) is 0. The molecular weight excluding hydrogens is 220 g/mol. The van der Waals surface area contributed by atoms with Gasteiger partial charge in [0.05, 0.1) is 12.4 Å². The number of hydrogen-bond donors (Lipinski definition) is 2. The molecule has 0 amide bonds. The smallest absolute Gasteiger partial charge is 0.356 e. The first-order valence-electron chi connectivity index (χ1n) is 4.94. The third-order valence-electron chi connectivity index (χ3n) is 2.09. The van der Waals surface area contributed by atoms with Gasteiger partial charge in [-0.1, -0.05) is 0 Å². The molecule has 0 bridgehead atoms. The minimum absolute atomic E-state index is 0.0699. The summed E-state index contributed by atoms with van der Waals surface area (Å²) >= 11 is 0. The van der Waals surface area contributed by atoms with Gasteiger partial charge in [0.15, 0.2) is 5.69 Å². The van der Waals surface area contributed by atoms with Crippen LogP contribution in [0.15, 0.2) is 36.9 Å². The lowest BCUT2D eigenvalue weighted by Crippen LogP contribution is -2.05. The Morgan fingerprint density at radius 3 is 2.59 bits per heavy atom. The van der Waals surface area contributed by atoms with Crippen molar-refractivity contribution in [1.82, 2.24) is 15.0 Å². The number of aromatic nitrogens is 3. The van der Waals surface area contributed by atoms with Crippen LogP contribution in [0.4, 0.5) is 5.82 Å². The second-order valence-corrected chi connectivity index (χ2v) is 3.30. The van der Waals surface area contributed by atoms with Gasteiger partial charge in [-0.2, -0.15) is 0 Å². The molecule has 6 heteroatoms. The van der Waals surface area contributed by atoms with E-state index in [0.29, 0.717) is 12.4 Å². The zero-order valence-corrected chi connectivity index (χ0v) is 8.87. The van der Waals surface area contributed by atoms with Crippen molar-refractivity contribution in [3.8, 4) is 0 Å². The number of carboxylic acids is 1. The van der Waals surface area contributed by atoms with Gasteiger partial charge < -0.3 is 10.4 Å². The van der Waals surface area contributed by atoms with E-state index < -0.39 is 5.97 Å². The van der Waals surface area contributed by atoms with Crippen molar-refractivity contribution in [1.29, 1.82) is 0 Å². The standard InChI is InChI=1S/C11H10N4O2/c16-11(17)9-6-15-10(7-13-9)14-5-8-1-3-12-4-2-8/h1-4,6-7H,5H2,(H,14,15)(H,16,17). The van der Waals surface area contributed by atoms with Gasteiger partial charge in [0, 0.05) is 18.9 Å². The van der Waals surface area contributed by atoms with Crippen LogP contribution >= 0.6 is 0 Å². The number of carboxylic acid groups (broad SMARTS) is 1. The maximum atomic E-state index is 10.6. The van der Waals surface area contributed by atoms with Crippen LogP contribution in [0.25, 0.3) is 0 Å². The van der Waals surface area contributed by atoms with Crippen LogP contribution in [-0.2, 0) is 6.54 Å². The highest BCUT2D eigenvalue weighted by molar-refractivity contribution is 5.84. The van der Waals surface area contributed by atoms with Gasteiger partial charge in [-0.15, -0.1) is 0 Å². The summed E-state index contributed by atoms with van der Waals surface area (Å²) in [5, 5.41) is 11.7. The van der Waals surface area contributed by atoms with Crippen molar-refractivity contribution in [2.45, 2.75) is 6.54 Å². The summed E-state index contributed by atoms with van der Waals surface area (Å²) in [6.07, 6.45) is 6.02. The van der Waals surface area contributed by atoms with Gasteiger partial charge in [0.1, 0.15) is 5.82 Å². The molecule has 0 aliphatic heterocycles. The highest BCUT2D eigenvalue weighted by Gasteiger charge is 2.04. The number of hydrogen-bond acceptors (Lipinski definition) is 5. The number of aromatic carboxylic acids is 1. The molecule has 0 saturated heterocycles. The van der Waals surface area contributed by atoms with Crippen LogP contribution in [0, 0.1) is 0 Å². The molecule has 2 N–H and O–H groups in total. The van der Waals surface area contributed by atoms with E-state index in [9.17, 15) is 4.79 Å². The molecule has 0 unspecified atom stereocenters. The fourth-order valence-electron chi connectivity index (χ4n) is 1.22. The predicted octanol–water partition coefficient (Wildman–Crippen LogP) is 1.18. The van der Waals surface area contributed by atoms with Crippen molar-refractivity contribution in [2.75, 3.05) is 5.32 Å². The molecule has 0 aliphatic rings. The van der Waals surface area contributed by atoms with Crippen molar-refractivity contribution >= 4 is 11.8 Å². The molecule has 0 aromatic carbocycles. The van der Waals surface area contributed by atoms with E-state index in [4.69, 9.17) is 5.11 Å². The van der Waals surface area contributed by atoms with E-state index in [1.807, 2.05) is 12.1 Å². The Kier molecular flexibility index (Phi) is 3.25. The Balaban J connectivity index is 1.98. The van der Waals surface area contributed by atoms with Gasteiger partial charge in [-0.25, -0.2) is 14.8 Å². The minimum atomic E-state index is -1.09. The first-order valence-corrected chi connectivity index (χ1v) is 4.94. The van der Waals surface area contributed by atoms with Crippen molar-refractivity contribution in [3.05, 3.63) is 48.2 Å². The third-order valence-corrected chi connectivity index (χ3v) is 2.09. The zero-order valence-electron chi connectivity index (χ0n) is 8.87. The topological polar surface area (TPSA) is 88.0 Å². The molecule has 0 aliphatic carbocycles. The van der Waals surface area contributed by atoms with Gasteiger partial charge in [0.25, 0.3) is 0 Å². The Bertz CT molecular complexity index is 499. The first-order chi connectivity index (χ1) is 8.25. The molecule has 17 heavy (non-hydrogen) atoms. The first kappa shape index (κ1) is 11.0. The molecule has 2 aromatic heterocycles. The minimum Gasteiger partial charge on any atom is -0.476 e. The van der Waals surface area contributed by atoms with Crippen LogP contribution < -0.4 is 5.32 Å². The molecule has 0 saturated carbocycles. The lowest BCUT2D eigenvalue weighted by atomic mass is 10.3. The number of pyridine rings is 1. The summed E-state index contributed by atoms with van der Waals surface area (Å²) in [5.74, 6) is -0.551. The van der Waals surface area contributed by atoms with E-state index in [1.165, 1.54) is 12.4 Å². The fraction of sp³-hybridized carbons (Fsp3) is 0.0909. The Morgan fingerprint density at radius 2 is 2.00 bits per heavy atom. The summed E-state index contributed by atoms with van der Waals surface area (Å²) in [6.45, 7) is 0.587. The van der Waals surface area contributed by atoms with E-state index in [0.717, 1.165) is 5.56 Å². The van der Waals surface area contributed by atoms with E-state index in [2.05, 4.69) is 20.3 Å². The second-order valence-electron chi connectivity index (χ2n) is 3.30. The summed E-state index contributed by atoms with van der Waals surface area (Å²) in [6, 6.07) is 3.76. The highest BCUT2D eigenvalue weighted by Crippen LogP contribution is 2.04. The third kappa shape index (κ3) is 2.97. The molecule has 2 rings (SSSR count). The van der Waals surface area contributed by atoms with Gasteiger partial charge in [0.2, 0.25) is 0 Å². The molecule has 2 aromatic rings. The number of anilines is 1. The molecular formula is C11H10N4O2. The molecule has 0 spiro atoms. The van der Waals surface area contributed by atoms with Gasteiger partial charge in [-0.05, 0) is 17.7 Å². The molecule has 2 heterocycles. The van der Waals surface area contributed by atoms with Crippen LogP contribution in [0.3, 0.4) is 0 Å². The Morgan fingerprint density at radius 1 is 1.24 bits per heavy atom. The van der Waals surface area contributed by atoms with Crippen molar-refractivity contribution < 1.29 is 9.90 Å². The van der Waals surface area contributed by atoms with Crippen LogP contribution in [0.5, 0.6) is 0 Å². The van der Waals surface area contributed by atoms with Crippen molar-refractivity contribution in [2.24, 2.45) is 0 Å². The lowest BCUT2D eigenvalue weighted by Gasteiger charge is -2.04. The normalized spacial score (nSPS) is 9.88. The summed E-state index contributed by atoms with van der Waals surface area (Å²) in [5.41, 5.74) is 0.989. The average molecular weight is 230 g/mol. The van der Waals surface area contributed by atoms with E-state index in [1.54, 1.807) is 12.4 Å². The van der Waals surface area contributed by atoms with E-state index in [-0.39, 0.29) is 5.69 Å². The number of nitrogens with zero attached hydrogens (tertiary/aromatic N) is 3. The number of nitrogens with one attached hydrogen (secondary N) is 1. The molecule has 86 valence electrons. The second kappa shape index (κ2) is 5.02. The largest absolute Gasteiger partial charge is 0.476 e. The van der Waals surface area contributed by atoms with Crippen molar-refractivity contribution in [3.63, 3.8) is 0 Å². The quantitative estimate of drug-likeness (QED) is 0.820. The predicted molar refractivity (Wildman–Crippen MR) is 60.6 cm³/mol. The Labute approximate surface area is 97.4 Å². The molecule has 0 fully saturated rings. The Hall–Kier alpha value is -2.50. The maximum Gasteiger partial charge on any atom is 0.356 e. The molecule has 6 nitrogen and oxygen atoms in total. The monoisotopic (exact) mass is 230 g/mol.